The average molecular weight is 294 g/mol. The van der Waals surface area contributed by atoms with Crippen LogP contribution in [0.2, 0.25) is 0 Å². The van der Waals surface area contributed by atoms with Crippen molar-refractivity contribution in [3.63, 3.8) is 0 Å². The largest absolute Gasteiger partial charge is 0.359 e. The van der Waals surface area contributed by atoms with Crippen LogP contribution in [0.3, 0.4) is 0 Å². The van der Waals surface area contributed by atoms with E-state index in [1.54, 1.807) is 7.05 Å². The second kappa shape index (κ2) is 5.72. The zero-order valence-electron chi connectivity index (χ0n) is 11.7. The number of aromatic amines is 1. The monoisotopic (exact) mass is 294 g/mol. The van der Waals surface area contributed by atoms with Gasteiger partial charge in [-0.2, -0.15) is 0 Å². The molecule has 0 atom stereocenters. The summed E-state index contributed by atoms with van der Waals surface area (Å²) in [6.07, 6.45) is 0. The van der Waals surface area contributed by atoms with Gasteiger partial charge >= 0.3 is 0 Å². The van der Waals surface area contributed by atoms with Gasteiger partial charge in [0, 0.05) is 13.6 Å². The molecule has 0 aliphatic carbocycles. The van der Waals surface area contributed by atoms with E-state index in [1.165, 1.54) is 11.3 Å². The van der Waals surface area contributed by atoms with Crippen LogP contribution in [0.5, 0.6) is 0 Å². The van der Waals surface area contributed by atoms with Crippen LogP contribution in [0, 0.1) is 5.41 Å². The maximum Gasteiger partial charge on any atom is 0.268 e. The Morgan fingerprint density at radius 1 is 1.50 bits per heavy atom. The van der Waals surface area contributed by atoms with Crippen molar-refractivity contribution in [3.05, 3.63) is 27.6 Å². The van der Waals surface area contributed by atoms with Crippen molar-refractivity contribution < 1.29 is 4.79 Å². The highest BCUT2D eigenvalue weighted by molar-refractivity contribution is 7.17. The topological polar surface area (TPSA) is 86.9 Å². The number of aromatic nitrogens is 2. The lowest BCUT2D eigenvalue weighted by Crippen LogP contribution is -2.42. The predicted octanol–water partition coefficient (Wildman–Crippen LogP) is 0.846. The Bertz CT molecular complexity index is 674. The second-order valence-electron chi connectivity index (χ2n) is 5.21. The molecule has 2 aromatic rings. The Morgan fingerprint density at radius 2 is 2.25 bits per heavy atom. The summed E-state index contributed by atoms with van der Waals surface area (Å²) in [4.78, 5) is 30.6. The minimum atomic E-state index is -0.512. The first-order chi connectivity index (χ1) is 9.44. The van der Waals surface area contributed by atoms with E-state index in [0.717, 1.165) is 0 Å². The Morgan fingerprint density at radius 3 is 2.95 bits per heavy atom. The number of rotatable bonds is 5. The van der Waals surface area contributed by atoms with Gasteiger partial charge in [-0.05, 0) is 25.3 Å². The van der Waals surface area contributed by atoms with E-state index in [4.69, 9.17) is 0 Å². The van der Waals surface area contributed by atoms with Crippen molar-refractivity contribution in [1.82, 2.24) is 20.6 Å². The molecule has 6 nitrogen and oxygen atoms in total. The maximum absolute atomic E-state index is 11.8. The van der Waals surface area contributed by atoms with Crippen molar-refractivity contribution in [2.45, 2.75) is 20.4 Å². The maximum atomic E-state index is 11.8. The lowest BCUT2D eigenvalue weighted by Gasteiger charge is -2.22. The van der Waals surface area contributed by atoms with Crippen LogP contribution in [-0.2, 0) is 11.3 Å². The number of hydrogen-bond donors (Lipinski definition) is 3. The van der Waals surface area contributed by atoms with Gasteiger partial charge < -0.3 is 15.6 Å². The molecule has 0 aromatic carbocycles. The third-order valence-electron chi connectivity index (χ3n) is 3.07. The molecule has 3 N–H and O–H groups in total. The summed E-state index contributed by atoms with van der Waals surface area (Å²) in [7, 11) is 1.62. The molecule has 0 saturated carbocycles. The number of fused-ring (bicyclic) bond motifs is 1. The molecule has 2 heterocycles. The number of amides is 1. The van der Waals surface area contributed by atoms with Crippen molar-refractivity contribution in [1.29, 1.82) is 0 Å². The normalized spacial score (nSPS) is 11.8. The molecule has 0 aliphatic heterocycles. The first-order valence-electron chi connectivity index (χ1n) is 6.33. The fourth-order valence-electron chi connectivity index (χ4n) is 1.92. The number of hydrogen-bond acceptors (Lipinski definition) is 5. The van der Waals surface area contributed by atoms with E-state index in [-0.39, 0.29) is 11.5 Å². The van der Waals surface area contributed by atoms with Gasteiger partial charge in [-0.15, -0.1) is 11.3 Å². The smallest absolute Gasteiger partial charge is 0.268 e. The van der Waals surface area contributed by atoms with Crippen LogP contribution in [0.4, 0.5) is 0 Å². The molecule has 0 bridgehead atoms. The zero-order chi connectivity index (χ0) is 14.8. The summed E-state index contributed by atoms with van der Waals surface area (Å²) in [5, 5.41) is 7.63. The summed E-state index contributed by atoms with van der Waals surface area (Å²) in [6, 6.07) is 1.83. The minimum absolute atomic E-state index is 0.0280. The first kappa shape index (κ1) is 14.7. The third-order valence-corrected chi connectivity index (χ3v) is 3.97. The Hall–Kier alpha value is -1.73. The van der Waals surface area contributed by atoms with Crippen LogP contribution in [0.1, 0.15) is 19.7 Å². The molecule has 0 saturated heterocycles. The first-order valence-corrected chi connectivity index (χ1v) is 7.21. The Balaban J connectivity index is 2.03. The minimum Gasteiger partial charge on any atom is -0.359 e. The highest BCUT2D eigenvalue weighted by atomic mass is 32.1. The number of nitrogens with one attached hydrogen (secondary N) is 3. The summed E-state index contributed by atoms with van der Waals surface area (Å²) in [6.45, 7) is 4.63. The zero-order valence-corrected chi connectivity index (χ0v) is 12.6. The molecule has 1 amide bonds. The van der Waals surface area contributed by atoms with E-state index in [2.05, 4.69) is 20.6 Å². The van der Waals surface area contributed by atoms with Crippen LogP contribution < -0.4 is 16.2 Å². The highest BCUT2D eigenvalue weighted by Crippen LogP contribution is 2.15. The predicted molar refractivity (Wildman–Crippen MR) is 79.8 cm³/mol. The molecule has 0 fully saturated rings. The van der Waals surface area contributed by atoms with Gasteiger partial charge in [0.1, 0.15) is 10.5 Å². The molecule has 20 heavy (non-hydrogen) atoms. The van der Waals surface area contributed by atoms with Gasteiger partial charge in [0.15, 0.2) is 0 Å². The summed E-state index contributed by atoms with van der Waals surface area (Å²) >= 11 is 1.38. The summed E-state index contributed by atoms with van der Waals surface area (Å²) in [5.41, 5.74) is 0.0788. The Labute approximate surface area is 120 Å². The van der Waals surface area contributed by atoms with Gasteiger partial charge in [0.25, 0.3) is 5.56 Å². The molecule has 0 radical (unpaired) electrons. The van der Waals surface area contributed by atoms with Crippen molar-refractivity contribution in [2.75, 3.05) is 13.6 Å². The van der Waals surface area contributed by atoms with E-state index in [9.17, 15) is 9.59 Å². The number of nitrogens with zero attached hydrogens (tertiary/aromatic N) is 1. The van der Waals surface area contributed by atoms with Gasteiger partial charge in [-0.3, -0.25) is 9.59 Å². The SMILES string of the molecule is CNC(=O)C(C)(C)CNCc1nc2ccsc2c(=O)[nH]1. The number of carbonyl (C=O) groups excluding carboxylic acids is 1. The summed E-state index contributed by atoms with van der Waals surface area (Å²) in [5.74, 6) is 0.549. The third kappa shape index (κ3) is 3.05. The van der Waals surface area contributed by atoms with Gasteiger partial charge in [-0.25, -0.2) is 4.98 Å². The Kier molecular flexibility index (Phi) is 4.20. The van der Waals surface area contributed by atoms with Crippen molar-refractivity contribution in [2.24, 2.45) is 5.41 Å². The molecular formula is C13H18N4O2S. The van der Waals surface area contributed by atoms with Crippen molar-refractivity contribution in [3.8, 4) is 0 Å². The average Bonchev–Trinajstić information content (AvgIpc) is 2.86. The van der Waals surface area contributed by atoms with Crippen LogP contribution in [-0.4, -0.2) is 29.5 Å². The highest BCUT2D eigenvalue weighted by Gasteiger charge is 2.25. The lowest BCUT2D eigenvalue weighted by molar-refractivity contribution is -0.128. The van der Waals surface area contributed by atoms with E-state index in [0.29, 0.717) is 29.1 Å². The quantitative estimate of drug-likeness (QED) is 0.763. The van der Waals surface area contributed by atoms with E-state index in [1.807, 2.05) is 25.3 Å². The van der Waals surface area contributed by atoms with Gasteiger partial charge in [-0.1, -0.05) is 0 Å². The molecule has 0 aliphatic rings. The number of H-pyrrole nitrogens is 1. The second-order valence-corrected chi connectivity index (χ2v) is 6.13. The fraction of sp³-hybridized carbons (Fsp3) is 0.462. The molecular weight excluding hydrogens is 276 g/mol. The number of carbonyl (C=O) groups is 1. The lowest BCUT2D eigenvalue weighted by atomic mass is 9.92. The van der Waals surface area contributed by atoms with Crippen LogP contribution in [0.25, 0.3) is 10.2 Å². The van der Waals surface area contributed by atoms with E-state index < -0.39 is 5.41 Å². The van der Waals surface area contributed by atoms with Crippen LogP contribution >= 0.6 is 11.3 Å². The standard InChI is InChI=1S/C13H18N4O2S/c1-13(2,12(19)14-3)7-15-6-9-16-8-4-5-20-10(8)11(18)17-9/h4-5,15H,6-7H2,1-3H3,(H,14,19)(H,16,17,18). The molecule has 108 valence electrons. The molecule has 2 aromatic heterocycles. The van der Waals surface area contributed by atoms with E-state index >= 15 is 0 Å². The van der Waals surface area contributed by atoms with Crippen LogP contribution in [0.15, 0.2) is 16.2 Å². The van der Waals surface area contributed by atoms with Crippen molar-refractivity contribution >= 4 is 27.5 Å². The van der Waals surface area contributed by atoms with Gasteiger partial charge in [0.2, 0.25) is 5.91 Å². The molecule has 2 rings (SSSR count). The number of thiophene rings is 1. The summed E-state index contributed by atoms with van der Waals surface area (Å²) < 4.78 is 0.638. The fourth-order valence-corrected chi connectivity index (χ4v) is 2.64. The molecule has 0 spiro atoms. The molecule has 7 heteroatoms. The molecule has 0 unspecified atom stereocenters. The van der Waals surface area contributed by atoms with Gasteiger partial charge in [0.05, 0.1) is 17.5 Å².